The van der Waals surface area contributed by atoms with Crippen molar-refractivity contribution in [2.24, 2.45) is 0 Å². The fourth-order valence-electron chi connectivity index (χ4n) is 2.70. The van der Waals surface area contributed by atoms with Crippen LogP contribution >= 0.6 is 0 Å². The van der Waals surface area contributed by atoms with Gasteiger partial charge in [0, 0.05) is 6.61 Å². The first-order chi connectivity index (χ1) is 9.74. The number of ether oxygens (including phenoxy) is 2. The molecule has 0 radical (unpaired) electrons. The lowest BCUT2D eigenvalue weighted by molar-refractivity contribution is 0.0525. The molecule has 1 aromatic rings. The van der Waals surface area contributed by atoms with E-state index in [1.54, 1.807) is 0 Å². The molecule has 0 aliphatic carbocycles. The smallest absolute Gasteiger partial charge is 0.338 e. The first kappa shape index (κ1) is 15.0. The van der Waals surface area contributed by atoms with Crippen LogP contribution in [0.2, 0.25) is 0 Å². The highest BCUT2D eigenvalue weighted by molar-refractivity contribution is 5.91. The molecule has 1 unspecified atom stereocenters. The number of hydrogen-bond donors (Lipinski definition) is 0. The molecule has 1 fully saturated rings. The number of esters is 1. The van der Waals surface area contributed by atoms with E-state index in [4.69, 9.17) is 9.47 Å². The third-order valence-corrected chi connectivity index (χ3v) is 3.82. The molecule has 0 N–H and O–H groups in total. The Morgan fingerprint density at radius 3 is 2.90 bits per heavy atom. The second-order valence-corrected chi connectivity index (χ2v) is 5.24. The van der Waals surface area contributed by atoms with Crippen molar-refractivity contribution in [3.63, 3.8) is 0 Å². The molecule has 1 aromatic carbocycles. The zero-order valence-corrected chi connectivity index (χ0v) is 12.5. The van der Waals surface area contributed by atoms with Crippen LogP contribution in [0.3, 0.4) is 0 Å². The van der Waals surface area contributed by atoms with Gasteiger partial charge in [0.2, 0.25) is 0 Å². The van der Waals surface area contributed by atoms with Crippen LogP contribution in [0, 0.1) is 0 Å². The molecule has 1 aliphatic rings. The number of carbonyl (C=O) groups is 1. The normalized spacial score (nSPS) is 18.2. The molecule has 0 spiro atoms. The molecule has 0 saturated carbocycles. The highest BCUT2D eigenvalue weighted by Gasteiger charge is 2.16. The molecular formula is C17H24O3. The fraction of sp³-hybridized carbons (Fsp3) is 0.588. The molecule has 1 aliphatic heterocycles. The van der Waals surface area contributed by atoms with Crippen molar-refractivity contribution in [2.75, 3.05) is 13.2 Å². The molecule has 110 valence electrons. The van der Waals surface area contributed by atoms with E-state index < -0.39 is 0 Å². The average molecular weight is 276 g/mol. The summed E-state index contributed by atoms with van der Waals surface area (Å²) in [4.78, 5) is 11.9. The summed E-state index contributed by atoms with van der Waals surface area (Å²) in [7, 11) is 0. The molecule has 3 heteroatoms. The standard InChI is InChI=1S/C17H24O3/c1-3-14-12-13(7-9-15-6-5-11-20-15)8-10-16(14)17(18)19-4-2/h8,10,12,15H,3-7,9,11H2,1-2H3. The fourth-order valence-corrected chi connectivity index (χ4v) is 2.70. The Hall–Kier alpha value is -1.35. The minimum Gasteiger partial charge on any atom is -0.462 e. The Morgan fingerprint density at radius 1 is 1.40 bits per heavy atom. The Kier molecular flexibility index (Phi) is 5.60. The lowest BCUT2D eigenvalue weighted by atomic mass is 9.98. The minimum absolute atomic E-state index is 0.213. The van der Waals surface area contributed by atoms with E-state index in [1.165, 1.54) is 18.4 Å². The second kappa shape index (κ2) is 7.44. The molecule has 0 bridgehead atoms. The highest BCUT2D eigenvalue weighted by atomic mass is 16.5. The molecule has 3 nitrogen and oxygen atoms in total. The lowest BCUT2D eigenvalue weighted by Crippen LogP contribution is -2.09. The van der Waals surface area contributed by atoms with Crippen LogP contribution in [0.5, 0.6) is 0 Å². The third kappa shape index (κ3) is 3.83. The number of benzene rings is 1. The molecule has 2 rings (SSSR count). The van der Waals surface area contributed by atoms with E-state index in [9.17, 15) is 4.79 Å². The van der Waals surface area contributed by atoms with E-state index in [0.717, 1.165) is 31.4 Å². The first-order valence-electron chi connectivity index (χ1n) is 7.65. The van der Waals surface area contributed by atoms with Crippen molar-refractivity contribution in [3.05, 3.63) is 34.9 Å². The van der Waals surface area contributed by atoms with Crippen LogP contribution in [0.4, 0.5) is 0 Å². The zero-order valence-electron chi connectivity index (χ0n) is 12.5. The van der Waals surface area contributed by atoms with Gasteiger partial charge in [0.25, 0.3) is 0 Å². The van der Waals surface area contributed by atoms with Crippen molar-refractivity contribution in [2.45, 2.75) is 52.1 Å². The first-order valence-corrected chi connectivity index (χ1v) is 7.65. The van der Waals surface area contributed by atoms with Gasteiger partial charge in [0.05, 0.1) is 18.3 Å². The summed E-state index contributed by atoms with van der Waals surface area (Å²) >= 11 is 0. The van der Waals surface area contributed by atoms with E-state index in [-0.39, 0.29) is 5.97 Å². The molecule has 20 heavy (non-hydrogen) atoms. The maximum absolute atomic E-state index is 11.9. The van der Waals surface area contributed by atoms with Crippen LogP contribution < -0.4 is 0 Å². The van der Waals surface area contributed by atoms with Crippen LogP contribution in [-0.2, 0) is 22.3 Å². The topological polar surface area (TPSA) is 35.5 Å². The van der Waals surface area contributed by atoms with Crippen LogP contribution in [0.1, 0.15) is 54.6 Å². The summed E-state index contributed by atoms with van der Waals surface area (Å²) in [5, 5.41) is 0. The summed E-state index contributed by atoms with van der Waals surface area (Å²) in [6, 6.07) is 6.09. The van der Waals surface area contributed by atoms with Gasteiger partial charge in [0.1, 0.15) is 0 Å². The summed E-state index contributed by atoms with van der Waals surface area (Å²) in [6.07, 6.45) is 5.73. The van der Waals surface area contributed by atoms with E-state index in [0.29, 0.717) is 18.3 Å². The number of carbonyl (C=O) groups excluding carboxylic acids is 1. The van der Waals surface area contributed by atoms with Gasteiger partial charge in [-0.15, -0.1) is 0 Å². The van der Waals surface area contributed by atoms with Crippen LogP contribution in [0.15, 0.2) is 18.2 Å². The summed E-state index contributed by atoms with van der Waals surface area (Å²) in [5.74, 6) is -0.213. The molecule has 0 aromatic heterocycles. The number of rotatable bonds is 6. The highest BCUT2D eigenvalue weighted by Crippen LogP contribution is 2.20. The molecular weight excluding hydrogens is 252 g/mol. The summed E-state index contributed by atoms with van der Waals surface area (Å²) in [5.41, 5.74) is 3.06. The van der Waals surface area contributed by atoms with E-state index >= 15 is 0 Å². The van der Waals surface area contributed by atoms with Crippen molar-refractivity contribution in [3.8, 4) is 0 Å². The predicted octanol–water partition coefficient (Wildman–Crippen LogP) is 3.54. The van der Waals surface area contributed by atoms with E-state index in [2.05, 4.69) is 13.0 Å². The van der Waals surface area contributed by atoms with Gasteiger partial charge in [0.15, 0.2) is 0 Å². The molecule has 0 amide bonds. The van der Waals surface area contributed by atoms with E-state index in [1.807, 2.05) is 19.1 Å². The van der Waals surface area contributed by atoms with Gasteiger partial charge in [-0.3, -0.25) is 0 Å². The van der Waals surface area contributed by atoms with Gasteiger partial charge < -0.3 is 9.47 Å². The van der Waals surface area contributed by atoms with Gasteiger partial charge in [-0.25, -0.2) is 4.79 Å². The number of hydrogen-bond acceptors (Lipinski definition) is 3. The largest absolute Gasteiger partial charge is 0.462 e. The minimum atomic E-state index is -0.213. The molecule has 1 saturated heterocycles. The van der Waals surface area contributed by atoms with Crippen molar-refractivity contribution >= 4 is 5.97 Å². The Labute approximate surface area is 121 Å². The van der Waals surface area contributed by atoms with Gasteiger partial charge in [-0.1, -0.05) is 19.1 Å². The predicted molar refractivity (Wildman–Crippen MR) is 79.1 cm³/mol. The quantitative estimate of drug-likeness (QED) is 0.746. The lowest BCUT2D eigenvalue weighted by Gasteiger charge is -2.12. The summed E-state index contributed by atoms with van der Waals surface area (Å²) in [6.45, 7) is 5.23. The van der Waals surface area contributed by atoms with Crippen LogP contribution in [-0.4, -0.2) is 25.3 Å². The molecule has 1 atom stereocenters. The van der Waals surface area contributed by atoms with Gasteiger partial charge in [-0.2, -0.15) is 0 Å². The van der Waals surface area contributed by atoms with Gasteiger partial charge >= 0.3 is 5.97 Å². The maximum Gasteiger partial charge on any atom is 0.338 e. The number of aryl methyl sites for hydroxylation is 2. The average Bonchev–Trinajstić information content (AvgIpc) is 2.98. The van der Waals surface area contributed by atoms with Crippen LogP contribution in [0.25, 0.3) is 0 Å². The Morgan fingerprint density at radius 2 is 2.25 bits per heavy atom. The zero-order chi connectivity index (χ0) is 14.4. The SMILES string of the molecule is CCOC(=O)c1ccc(CCC2CCCO2)cc1CC. The summed E-state index contributed by atoms with van der Waals surface area (Å²) < 4.78 is 10.7. The second-order valence-electron chi connectivity index (χ2n) is 5.24. The van der Waals surface area contributed by atoms with Crippen molar-refractivity contribution in [1.82, 2.24) is 0 Å². The Balaban J connectivity index is 2.02. The third-order valence-electron chi connectivity index (χ3n) is 3.82. The molecule has 1 heterocycles. The van der Waals surface area contributed by atoms with Crippen molar-refractivity contribution < 1.29 is 14.3 Å². The monoisotopic (exact) mass is 276 g/mol. The van der Waals surface area contributed by atoms with Crippen molar-refractivity contribution in [1.29, 1.82) is 0 Å². The maximum atomic E-state index is 11.9. The van der Waals surface area contributed by atoms with Gasteiger partial charge in [-0.05, 0) is 56.2 Å². The Bertz CT molecular complexity index is 448.